The lowest BCUT2D eigenvalue weighted by molar-refractivity contribution is 0.667. The number of para-hydroxylation sites is 3. The van der Waals surface area contributed by atoms with Crippen LogP contribution in [-0.2, 0) is 0 Å². The van der Waals surface area contributed by atoms with E-state index in [2.05, 4.69) is 144 Å². The molecule has 0 N–H and O–H groups in total. The first-order chi connectivity index (χ1) is 27.3. The van der Waals surface area contributed by atoms with Gasteiger partial charge in [0.2, 0.25) is 0 Å². The fourth-order valence-electron chi connectivity index (χ4n) is 8.36. The van der Waals surface area contributed by atoms with Crippen molar-refractivity contribution in [1.29, 1.82) is 0 Å². The van der Waals surface area contributed by atoms with E-state index in [9.17, 15) is 0 Å². The van der Waals surface area contributed by atoms with Gasteiger partial charge < -0.3 is 8.98 Å². The molecule has 0 saturated carbocycles. The Morgan fingerprint density at radius 1 is 0.418 bits per heavy atom. The van der Waals surface area contributed by atoms with Crippen molar-refractivity contribution in [2.45, 2.75) is 0 Å². The second kappa shape index (κ2) is 11.7. The van der Waals surface area contributed by atoms with Crippen LogP contribution in [-0.4, -0.2) is 19.5 Å². The summed E-state index contributed by atoms with van der Waals surface area (Å²) in [5, 5.41) is 9.13. The van der Waals surface area contributed by atoms with E-state index in [1.165, 1.54) is 30.9 Å². The minimum atomic E-state index is 0.562. The molecule has 0 unspecified atom stereocenters. The monoisotopic (exact) mass is 720 g/mol. The third kappa shape index (κ3) is 4.55. The molecule has 0 aliphatic heterocycles. The summed E-state index contributed by atoms with van der Waals surface area (Å²) in [4.78, 5) is 15.6. The minimum Gasteiger partial charge on any atom is -0.453 e. The average Bonchev–Trinajstić information content (AvgIpc) is 3.93. The number of nitrogens with zero attached hydrogens (tertiary/aromatic N) is 4. The maximum atomic E-state index is 7.17. The van der Waals surface area contributed by atoms with Crippen molar-refractivity contribution in [3.63, 3.8) is 0 Å². The van der Waals surface area contributed by atoms with Gasteiger partial charge in [-0.2, -0.15) is 0 Å². The normalized spacial score (nSPS) is 12.0. The summed E-state index contributed by atoms with van der Waals surface area (Å²) < 4.78 is 12.0. The Morgan fingerprint density at radius 3 is 1.84 bits per heavy atom. The highest BCUT2D eigenvalue weighted by molar-refractivity contribution is 7.25. The molecule has 0 bridgehead atoms. The van der Waals surface area contributed by atoms with E-state index in [4.69, 9.17) is 19.4 Å². The van der Waals surface area contributed by atoms with Crippen molar-refractivity contribution < 1.29 is 4.42 Å². The first-order valence-electron chi connectivity index (χ1n) is 18.4. The van der Waals surface area contributed by atoms with Crippen molar-refractivity contribution in [3.8, 4) is 39.9 Å². The molecule has 0 aliphatic rings. The Hall–Kier alpha value is -7.15. The Bertz CT molecular complexity index is 3450. The molecular formula is C49H28N4OS. The third-order valence-corrected chi connectivity index (χ3v) is 12.0. The number of furan rings is 1. The van der Waals surface area contributed by atoms with E-state index in [-0.39, 0.29) is 0 Å². The van der Waals surface area contributed by atoms with Crippen LogP contribution in [0.1, 0.15) is 0 Å². The molecule has 55 heavy (non-hydrogen) atoms. The Balaban J connectivity index is 1.16. The number of fused-ring (bicyclic) bond motifs is 11. The second-order valence-electron chi connectivity index (χ2n) is 14.0. The summed E-state index contributed by atoms with van der Waals surface area (Å²) in [5.74, 6) is 1.79. The average molecular weight is 721 g/mol. The summed E-state index contributed by atoms with van der Waals surface area (Å²) in [7, 11) is 0. The van der Waals surface area contributed by atoms with Crippen LogP contribution in [0, 0.1) is 0 Å². The van der Waals surface area contributed by atoms with E-state index in [1.54, 1.807) is 11.3 Å². The Labute approximate surface area is 318 Å². The molecule has 0 saturated heterocycles. The molecular weight excluding hydrogens is 693 g/mol. The van der Waals surface area contributed by atoms with Gasteiger partial charge >= 0.3 is 0 Å². The highest BCUT2D eigenvalue weighted by Crippen LogP contribution is 2.44. The van der Waals surface area contributed by atoms with E-state index >= 15 is 0 Å². The van der Waals surface area contributed by atoms with Crippen LogP contribution in [0.2, 0.25) is 0 Å². The van der Waals surface area contributed by atoms with E-state index in [0.717, 1.165) is 66.1 Å². The van der Waals surface area contributed by atoms with Crippen molar-refractivity contribution in [3.05, 3.63) is 170 Å². The molecule has 0 spiro atoms. The Kier molecular flexibility index (Phi) is 6.44. The maximum absolute atomic E-state index is 7.17. The number of thiophene rings is 1. The molecule has 4 aromatic heterocycles. The van der Waals surface area contributed by atoms with Gasteiger partial charge in [0, 0.05) is 52.8 Å². The van der Waals surface area contributed by atoms with E-state index in [1.807, 2.05) is 30.3 Å². The van der Waals surface area contributed by atoms with Crippen LogP contribution in [0.15, 0.2) is 174 Å². The molecule has 12 rings (SSSR count). The van der Waals surface area contributed by atoms with Crippen LogP contribution < -0.4 is 0 Å². The molecule has 0 aliphatic carbocycles. The first kappa shape index (κ1) is 30.3. The fraction of sp³-hybridized carbons (Fsp3) is 0. The highest BCUT2D eigenvalue weighted by atomic mass is 32.1. The summed E-state index contributed by atoms with van der Waals surface area (Å²) >= 11 is 1.80. The largest absolute Gasteiger partial charge is 0.453 e. The van der Waals surface area contributed by atoms with Gasteiger partial charge in [-0.25, -0.2) is 15.0 Å². The van der Waals surface area contributed by atoms with Crippen molar-refractivity contribution in [2.24, 2.45) is 0 Å². The predicted octanol–water partition coefficient (Wildman–Crippen LogP) is 13.4. The number of benzene rings is 8. The SMILES string of the molecule is c1ccc(-c2nc(-c3ccc4sc5ccccc5c4c3)nc(-c3cc4ccccc4c4c3oc3c(-n5c6ccccc6c6ccccc65)cccc34)n2)cc1. The molecule has 4 heterocycles. The second-order valence-corrected chi connectivity index (χ2v) is 15.0. The summed E-state index contributed by atoms with van der Waals surface area (Å²) in [6.07, 6.45) is 0. The molecule has 0 radical (unpaired) electrons. The highest BCUT2D eigenvalue weighted by Gasteiger charge is 2.23. The molecule has 256 valence electrons. The molecule has 0 fully saturated rings. The number of aromatic nitrogens is 4. The van der Waals surface area contributed by atoms with Crippen LogP contribution in [0.5, 0.6) is 0 Å². The van der Waals surface area contributed by atoms with E-state index < -0.39 is 0 Å². The van der Waals surface area contributed by atoms with Crippen LogP contribution >= 0.6 is 11.3 Å². The van der Waals surface area contributed by atoms with Gasteiger partial charge in [0.05, 0.1) is 22.3 Å². The summed E-state index contributed by atoms with van der Waals surface area (Å²) in [6, 6.07) is 59.6. The molecule has 0 amide bonds. The van der Waals surface area contributed by atoms with Gasteiger partial charge in [0.25, 0.3) is 0 Å². The van der Waals surface area contributed by atoms with Crippen LogP contribution in [0.3, 0.4) is 0 Å². The number of rotatable bonds is 4. The standard InChI is InChI=1S/C49H28N4OS/c1-2-13-29(14-3-1)47-50-48(31-25-26-43-37(28-31)35-19-8-11-24-42(35)55-43)52-49(51-47)38-27-30-15-4-5-16-32(30)44-36-20-12-23-41(45(36)54-46(38)44)53-39-21-9-6-17-33(39)34-18-7-10-22-40(34)53/h1-28H. The van der Waals surface area contributed by atoms with E-state index in [0.29, 0.717) is 17.5 Å². The number of hydrogen-bond acceptors (Lipinski definition) is 5. The zero-order chi connectivity index (χ0) is 36.0. The van der Waals surface area contributed by atoms with Crippen molar-refractivity contribution >= 4 is 86.0 Å². The van der Waals surface area contributed by atoms with Crippen LogP contribution in [0.25, 0.3) is 115 Å². The smallest absolute Gasteiger partial charge is 0.167 e. The van der Waals surface area contributed by atoms with Gasteiger partial charge in [-0.05, 0) is 59.3 Å². The summed E-state index contributed by atoms with van der Waals surface area (Å²) in [5.41, 5.74) is 7.49. The van der Waals surface area contributed by atoms with Crippen molar-refractivity contribution in [2.75, 3.05) is 0 Å². The lowest BCUT2D eigenvalue weighted by Crippen LogP contribution is -2.00. The van der Waals surface area contributed by atoms with Gasteiger partial charge in [-0.1, -0.05) is 121 Å². The molecule has 8 aromatic carbocycles. The zero-order valence-corrected chi connectivity index (χ0v) is 30.1. The molecule has 5 nitrogen and oxygen atoms in total. The quantitative estimate of drug-likeness (QED) is 0.182. The zero-order valence-electron chi connectivity index (χ0n) is 29.3. The topological polar surface area (TPSA) is 56.7 Å². The van der Waals surface area contributed by atoms with Gasteiger partial charge in [-0.15, -0.1) is 11.3 Å². The fourth-order valence-corrected chi connectivity index (χ4v) is 9.45. The van der Waals surface area contributed by atoms with Gasteiger partial charge in [-0.3, -0.25) is 0 Å². The molecule has 6 heteroatoms. The number of hydrogen-bond donors (Lipinski definition) is 0. The molecule has 12 aromatic rings. The minimum absolute atomic E-state index is 0.562. The van der Waals surface area contributed by atoms with Gasteiger partial charge in [0.1, 0.15) is 5.58 Å². The maximum Gasteiger partial charge on any atom is 0.167 e. The van der Waals surface area contributed by atoms with Crippen LogP contribution in [0.4, 0.5) is 0 Å². The first-order valence-corrected chi connectivity index (χ1v) is 19.2. The lowest BCUT2D eigenvalue weighted by atomic mass is 9.99. The molecule has 0 atom stereocenters. The Morgan fingerprint density at radius 2 is 1.04 bits per heavy atom. The van der Waals surface area contributed by atoms with Gasteiger partial charge in [0.15, 0.2) is 23.1 Å². The summed E-state index contributed by atoms with van der Waals surface area (Å²) in [6.45, 7) is 0. The van der Waals surface area contributed by atoms with Crippen molar-refractivity contribution in [1.82, 2.24) is 19.5 Å². The third-order valence-electron chi connectivity index (χ3n) is 10.8. The lowest BCUT2D eigenvalue weighted by Gasteiger charge is -2.10. The predicted molar refractivity (Wildman–Crippen MR) is 228 cm³/mol.